The maximum absolute atomic E-state index is 4.78. The van der Waals surface area contributed by atoms with Crippen molar-refractivity contribution in [2.75, 3.05) is 0 Å². The summed E-state index contributed by atoms with van der Waals surface area (Å²) in [5.41, 5.74) is 15.8. The second-order valence-corrected chi connectivity index (χ2v) is 13.3. The highest BCUT2D eigenvalue weighted by atomic mass is 15.0. The molecule has 0 fully saturated rings. The summed E-state index contributed by atoms with van der Waals surface area (Å²) in [4.78, 5) is 9.23. The first kappa shape index (κ1) is 28.0. The van der Waals surface area contributed by atoms with Crippen molar-refractivity contribution in [3.05, 3.63) is 176 Å². The van der Waals surface area contributed by atoms with Crippen LogP contribution in [-0.2, 0) is 0 Å². The molecular formula is C48H29N3. The van der Waals surface area contributed by atoms with Crippen molar-refractivity contribution in [3.63, 3.8) is 0 Å². The number of aromatic nitrogens is 3. The molecule has 51 heavy (non-hydrogen) atoms. The molecule has 0 atom stereocenters. The van der Waals surface area contributed by atoms with Gasteiger partial charge in [-0.2, -0.15) is 0 Å². The van der Waals surface area contributed by atoms with Gasteiger partial charge in [0.1, 0.15) is 5.65 Å². The largest absolute Gasteiger partial charge is 0.292 e. The van der Waals surface area contributed by atoms with E-state index >= 15 is 0 Å². The molecule has 236 valence electrons. The Morgan fingerprint density at radius 2 is 0.980 bits per heavy atom. The zero-order chi connectivity index (χ0) is 33.5. The van der Waals surface area contributed by atoms with Gasteiger partial charge < -0.3 is 0 Å². The molecule has 0 saturated carbocycles. The molecule has 0 unspecified atom stereocenters. The predicted molar refractivity (Wildman–Crippen MR) is 212 cm³/mol. The average molecular weight is 648 g/mol. The number of fused-ring (bicyclic) bond motifs is 7. The molecule has 11 rings (SSSR count). The molecule has 0 saturated heterocycles. The van der Waals surface area contributed by atoms with Gasteiger partial charge in [-0.3, -0.25) is 9.55 Å². The molecular weight excluding hydrogens is 619 g/mol. The summed E-state index contributed by atoms with van der Waals surface area (Å²) >= 11 is 0. The lowest BCUT2D eigenvalue weighted by atomic mass is 9.82. The van der Waals surface area contributed by atoms with Crippen LogP contribution in [0.1, 0.15) is 0 Å². The smallest absolute Gasteiger partial charge is 0.145 e. The van der Waals surface area contributed by atoms with Gasteiger partial charge in [0.2, 0.25) is 0 Å². The average Bonchev–Trinajstić information content (AvgIpc) is 3.72. The van der Waals surface area contributed by atoms with Crippen molar-refractivity contribution in [1.29, 1.82) is 0 Å². The van der Waals surface area contributed by atoms with Crippen LogP contribution < -0.4 is 0 Å². The third-order valence-corrected chi connectivity index (χ3v) is 10.7. The SMILES string of the molecule is c1ccc(-c2c3c(c(-c4ccccc4)c4ccccc24)-c2ccc(-c4ccc(-n5c6cnccc6c6cccnc65)cc4)c4cccc-3c24)cc1. The number of hydrogen-bond donors (Lipinski definition) is 0. The van der Waals surface area contributed by atoms with Crippen LogP contribution in [0.3, 0.4) is 0 Å². The lowest BCUT2D eigenvalue weighted by Gasteiger charge is -2.20. The highest BCUT2D eigenvalue weighted by Crippen LogP contribution is 2.58. The third kappa shape index (κ3) is 4.00. The summed E-state index contributed by atoms with van der Waals surface area (Å²) < 4.78 is 2.21. The van der Waals surface area contributed by atoms with E-state index in [2.05, 4.69) is 161 Å². The Balaban J connectivity index is 1.15. The quantitative estimate of drug-likeness (QED) is 0.190. The Morgan fingerprint density at radius 3 is 1.69 bits per heavy atom. The van der Waals surface area contributed by atoms with Crippen LogP contribution >= 0.6 is 0 Å². The van der Waals surface area contributed by atoms with Crippen LogP contribution in [0.5, 0.6) is 0 Å². The molecule has 0 amide bonds. The molecule has 3 nitrogen and oxygen atoms in total. The van der Waals surface area contributed by atoms with Crippen molar-refractivity contribution in [3.8, 4) is 61.3 Å². The van der Waals surface area contributed by atoms with E-state index < -0.39 is 0 Å². The molecule has 3 heteroatoms. The Kier molecular flexibility index (Phi) is 5.96. The van der Waals surface area contributed by atoms with Crippen LogP contribution in [-0.4, -0.2) is 14.5 Å². The first-order chi connectivity index (χ1) is 25.3. The molecule has 1 aliphatic rings. The second-order valence-electron chi connectivity index (χ2n) is 13.3. The number of rotatable bonds is 4. The van der Waals surface area contributed by atoms with Gasteiger partial charge in [0, 0.05) is 28.9 Å². The van der Waals surface area contributed by atoms with E-state index in [0.717, 1.165) is 27.6 Å². The van der Waals surface area contributed by atoms with Gasteiger partial charge in [-0.05, 0) is 108 Å². The molecule has 0 spiro atoms. The summed E-state index contributed by atoms with van der Waals surface area (Å²) in [5, 5.41) is 7.41. The highest BCUT2D eigenvalue weighted by Gasteiger charge is 2.31. The summed E-state index contributed by atoms with van der Waals surface area (Å²) in [6, 6.07) is 57.4. The standard InChI is InChI=1S/C48H29N3/c1-3-11-31(12-4-1)43-37-15-7-8-16-38(37)44(32-13-5-2-6-14-32)47-41-25-24-34(36-17-9-18-40(45(36)41)46(43)47)30-20-22-33(23-21-30)51-42-29-49-28-26-35(42)39-19-10-27-50-48(39)51/h1-29H. The number of hydrogen-bond acceptors (Lipinski definition) is 2. The zero-order valence-corrected chi connectivity index (χ0v) is 27.6. The molecule has 0 N–H and O–H groups in total. The summed E-state index contributed by atoms with van der Waals surface area (Å²) in [5.74, 6) is 0. The third-order valence-electron chi connectivity index (χ3n) is 10.7. The molecule has 0 radical (unpaired) electrons. The molecule has 3 heterocycles. The van der Waals surface area contributed by atoms with Crippen molar-refractivity contribution in [1.82, 2.24) is 14.5 Å². The van der Waals surface area contributed by atoms with Crippen molar-refractivity contribution in [2.45, 2.75) is 0 Å². The van der Waals surface area contributed by atoms with E-state index in [1.807, 2.05) is 24.7 Å². The molecule has 7 aromatic carbocycles. The monoisotopic (exact) mass is 647 g/mol. The Labute approximate surface area is 294 Å². The van der Waals surface area contributed by atoms with Gasteiger partial charge in [0.25, 0.3) is 0 Å². The molecule has 0 aliphatic heterocycles. The number of benzene rings is 7. The Bertz CT molecular complexity index is 2850. The predicted octanol–water partition coefficient (Wildman–Crippen LogP) is 12.5. The zero-order valence-electron chi connectivity index (χ0n) is 27.6. The van der Waals surface area contributed by atoms with E-state index in [9.17, 15) is 0 Å². The normalized spacial score (nSPS) is 11.9. The number of nitrogens with zero attached hydrogens (tertiary/aromatic N) is 3. The Hall–Kier alpha value is -6.84. The van der Waals surface area contributed by atoms with E-state index in [1.165, 1.54) is 77.2 Å². The lowest BCUT2D eigenvalue weighted by Crippen LogP contribution is -1.95. The fourth-order valence-electron chi connectivity index (χ4n) is 8.60. The maximum atomic E-state index is 4.78. The van der Waals surface area contributed by atoms with Crippen molar-refractivity contribution < 1.29 is 0 Å². The van der Waals surface area contributed by atoms with Gasteiger partial charge >= 0.3 is 0 Å². The summed E-state index contributed by atoms with van der Waals surface area (Å²) in [6.45, 7) is 0. The van der Waals surface area contributed by atoms with Crippen LogP contribution in [0.15, 0.2) is 176 Å². The van der Waals surface area contributed by atoms with Gasteiger partial charge in [0.05, 0.1) is 11.7 Å². The van der Waals surface area contributed by atoms with E-state index in [4.69, 9.17) is 4.98 Å². The first-order valence-electron chi connectivity index (χ1n) is 17.4. The molecule has 1 aliphatic carbocycles. The van der Waals surface area contributed by atoms with Crippen LogP contribution in [0, 0.1) is 0 Å². The van der Waals surface area contributed by atoms with E-state index in [0.29, 0.717) is 0 Å². The topological polar surface area (TPSA) is 30.7 Å². The maximum Gasteiger partial charge on any atom is 0.145 e. The van der Waals surface area contributed by atoms with E-state index in [1.54, 1.807) is 0 Å². The van der Waals surface area contributed by atoms with Crippen molar-refractivity contribution in [2.24, 2.45) is 0 Å². The molecule has 3 aromatic heterocycles. The molecule has 10 aromatic rings. The second kappa shape index (κ2) is 10.8. The first-order valence-corrected chi connectivity index (χ1v) is 17.4. The minimum Gasteiger partial charge on any atom is -0.292 e. The van der Waals surface area contributed by atoms with Crippen LogP contribution in [0.2, 0.25) is 0 Å². The minimum atomic E-state index is 0.937. The Morgan fingerprint density at radius 1 is 0.373 bits per heavy atom. The van der Waals surface area contributed by atoms with Crippen molar-refractivity contribution >= 4 is 43.5 Å². The van der Waals surface area contributed by atoms with Gasteiger partial charge in [-0.25, -0.2) is 4.98 Å². The van der Waals surface area contributed by atoms with Gasteiger partial charge in [-0.15, -0.1) is 0 Å². The fraction of sp³-hybridized carbons (Fsp3) is 0. The summed E-state index contributed by atoms with van der Waals surface area (Å²) in [6.07, 6.45) is 5.65. The number of pyridine rings is 2. The van der Waals surface area contributed by atoms with E-state index in [-0.39, 0.29) is 0 Å². The molecule has 0 bridgehead atoms. The minimum absolute atomic E-state index is 0.937. The summed E-state index contributed by atoms with van der Waals surface area (Å²) in [7, 11) is 0. The van der Waals surface area contributed by atoms with Gasteiger partial charge in [-0.1, -0.05) is 127 Å². The fourth-order valence-corrected chi connectivity index (χ4v) is 8.60. The van der Waals surface area contributed by atoms with Crippen LogP contribution in [0.25, 0.3) is 105 Å². The highest BCUT2D eigenvalue weighted by molar-refractivity contribution is 6.28. The lowest BCUT2D eigenvalue weighted by molar-refractivity contribution is 1.13. The van der Waals surface area contributed by atoms with Gasteiger partial charge in [0.15, 0.2) is 0 Å². The van der Waals surface area contributed by atoms with Crippen LogP contribution in [0.4, 0.5) is 0 Å².